The molecule has 2 heteroatoms. The van der Waals surface area contributed by atoms with Crippen LogP contribution in [0.15, 0.2) is 0 Å². The highest BCUT2D eigenvalue weighted by molar-refractivity contribution is 5.60. The van der Waals surface area contributed by atoms with Gasteiger partial charge >= 0.3 is 0 Å². The summed E-state index contributed by atoms with van der Waals surface area (Å²) >= 11 is 0. The Hall–Kier alpha value is -0.370. The Morgan fingerprint density at radius 3 is 2.65 bits per heavy atom. The van der Waals surface area contributed by atoms with Gasteiger partial charge < -0.3 is 4.79 Å². The average molecular weight is 239 g/mol. The molecule has 0 saturated heterocycles. The normalized spacial score (nSPS) is 29.9. The van der Waals surface area contributed by atoms with Gasteiger partial charge in [-0.3, -0.25) is 4.90 Å². The Labute approximate surface area is 107 Å². The fourth-order valence-corrected chi connectivity index (χ4v) is 3.20. The van der Waals surface area contributed by atoms with Crippen LogP contribution in [0, 0.1) is 11.3 Å². The van der Waals surface area contributed by atoms with E-state index in [0.717, 1.165) is 25.9 Å². The van der Waals surface area contributed by atoms with Gasteiger partial charge in [0.2, 0.25) is 0 Å². The highest BCUT2D eigenvalue weighted by atomic mass is 16.1. The van der Waals surface area contributed by atoms with E-state index in [0.29, 0.717) is 12.0 Å². The molecule has 1 saturated carbocycles. The molecule has 0 aliphatic heterocycles. The van der Waals surface area contributed by atoms with E-state index < -0.39 is 0 Å². The van der Waals surface area contributed by atoms with Crippen LogP contribution in [-0.4, -0.2) is 30.3 Å². The molecule has 1 fully saturated rings. The first-order chi connectivity index (χ1) is 8.03. The molecule has 0 spiro atoms. The van der Waals surface area contributed by atoms with Crippen LogP contribution in [0.3, 0.4) is 0 Å². The number of carbonyl (C=O) groups excluding carboxylic acids is 1. The lowest BCUT2D eigenvalue weighted by Crippen LogP contribution is -2.44. The second-order valence-corrected chi connectivity index (χ2v) is 6.25. The number of nitrogens with zero attached hydrogens (tertiary/aromatic N) is 1. The van der Waals surface area contributed by atoms with Gasteiger partial charge in [-0.2, -0.15) is 0 Å². The molecular weight excluding hydrogens is 210 g/mol. The summed E-state index contributed by atoms with van der Waals surface area (Å²) in [6.07, 6.45) is 7.12. The minimum atomic E-state index is -0.0584. The number of rotatable bonds is 6. The van der Waals surface area contributed by atoms with Crippen molar-refractivity contribution in [1.82, 2.24) is 4.90 Å². The third-order valence-electron chi connectivity index (χ3n) is 4.14. The van der Waals surface area contributed by atoms with Crippen LogP contribution in [0.4, 0.5) is 0 Å². The Kier molecular flexibility index (Phi) is 5.64. The SMILES string of the molecule is CCCN(CC1(C=O)CCCC(C)C1)C(C)C. The number of aldehydes is 1. The summed E-state index contributed by atoms with van der Waals surface area (Å²) in [5.41, 5.74) is -0.0584. The first-order valence-electron chi connectivity index (χ1n) is 7.23. The maximum atomic E-state index is 11.6. The zero-order chi connectivity index (χ0) is 12.9. The predicted octanol–water partition coefficient (Wildman–Crippen LogP) is 3.50. The Morgan fingerprint density at radius 2 is 2.18 bits per heavy atom. The lowest BCUT2D eigenvalue weighted by Gasteiger charge is -2.40. The van der Waals surface area contributed by atoms with Crippen LogP contribution >= 0.6 is 0 Å². The van der Waals surface area contributed by atoms with Crippen LogP contribution in [0.25, 0.3) is 0 Å². The second-order valence-electron chi connectivity index (χ2n) is 6.25. The van der Waals surface area contributed by atoms with E-state index in [2.05, 4.69) is 32.6 Å². The molecule has 2 atom stereocenters. The second kappa shape index (κ2) is 6.53. The molecule has 0 aromatic carbocycles. The minimum absolute atomic E-state index is 0.0584. The molecule has 2 unspecified atom stereocenters. The number of carbonyl (C=O) groups is 1. The molecule has 0 aromatic rings. The Morgan fingerprint density at radius 1 is 1.47 bits per heavy atom. The van der Waals surface area contributed by atoms with Crippen molar-refractivity contribution < 1.29 is 4.79 Å². The van der Waals surface area contributed by atoms with E-state index in [1.165, 1.54) is 25.5 Å². The van der Waals surface area contributed by atoms with Crippen molar-refractivity contribution in [1.29, 1.82) is 0 Å². The first kappa shape index (κ1) is 14.7. The molecule has 0 heterocycles. The van der Waals surface area contributed by atoms with E-state index >= 15 is 0 Å². The molecular formula is C15H29NO. The van der Waals surface area contributed by atoms with Crippen LogP contribution < -0.4 is 0 Å². The molecule has 0 N–H and O–H groups in total. The maximum Gasteiger partial charge on any atom is 0.127 e. The highest BCUT2D eigenvalue weighted by Gasteiger charge is 2.36. The number of hydrogen-bond acceptors (Lipinski definition) is 2. The van der Waals surface area contributed by atoms with Gasteiger partial charge in [0.15, 0.2) is 0 Å². The minimum Gasteiger partial charge on any atom is -0.303 e. The van der Waals surface area contributed by atoms with Gasteiger partial charge in [-0.05, 0) is 45.6 Å². The summed E-state index contributed by atoms with van der Waals surface area (Å²) < 4.78 is 0. The average Bonchev–Trinajstić information content (AvgIpc) is 2.28. The van der Waals surface area contributed by atoms with E-state index in [-0.39, 0.29) is 5.41 Å². The predicted molar refractivity (Wildman–Crippen MR) is 73.1 cm³/mol. The summed E-state index contributed by atoms with van der Waals surface area (Å²) in [6, 6.07) is 0.545. The molecule has 0 amide bonds. The van der Waals surface area contributed by atoms with E-state index in [1.807, 2.05) is 0 Å². The fraction of sp³-hybridized carbons (Fsp3) is 0.933. The standard InChI is InChI=1S/C15H29NO/c1-5-9-16(13(2)3)11-15(12-17)8-6-7-14(4)10-15/h12-14H,5-11H2,1-4H3. The van der Waals surface area contributed by atoms with Gasteiger partial charge in [-0.1, -0.05) is 26.7 Å². The molecule has 1 aliphatic rings. The zero-order valence-corrected chi connectivity index (χ0v) is 12.0. The summed E-state index contributed by atoms with van der Waals surface area (Å²) in [5.74, 6) is 0.713. The van der Waals surface area contributed by atoms with Crippen molar-refractivity contribution in [2.75, 3.05) is 13.1 Å². The Bertz CT molecular complexity index is 239. The van der Waals surface area contributed by atoms with E-state index in [4.69, 9.17) is 0 Å². The Balaban J connectivity index is 2.68. The summed E-state index contributed by atoms with van der Waals surface area (Å²) in [5, 5.41) is 0. The molecule has 0 bridgehead atoms. The largest absolute Gasteiger partial charge is 0.303 e. The highest BCUT2D eigenvalue weighted by Crippen LogP contribution is 2.38. The summed E-state index contributed by atoms with van der Waals surface area (Å²) in [4.78, 5) is 14.0. The molecule has 100 valence electrons. The molecule has 1 aliphatic carbocycles. The van der Waals surface area contributed by atoms with Gasteiger partial charge in [0.25, 0.3) is 0 Å². The molecule has 1 rings (SSSR count). The monoisotopic (exact) mass is 239 g/mol. The summed E-state index contributed by atoms with van der Waals surface area (Å²) in [6.45, 7) is 11.1. The molecule has 2 nitrogen and oxygen atoms in total. The molecule has 0 aromatic heterocycles. The van der Waals surface area contributed by atoms with E-state index in [1.54, 1.807) is 0 Å². The van der Waals surface area contributed by atoms with Gasteiger partial charge in [0, 0.05) is 18.0 Å². The zero-order valence-electron chi connectivity index (χ0n) is 12.0. The van der Waals surface area contributed by atoms with Crippen molar-refractivity contribution >= 4 is 6.29 Å². The smallest absolute Gasteiger partial charge is 0.127 e. The van der Waals surface area contributed by atoms with Crippen LogP contribution in [-0.2, 0) is 4.79 Å². The third-order valence-corrected chi connectivity index (χ3v) is 4.14. The molecule has 17 heavy (non-hydrogen) atoms. The number of hydrogen-bond donors (Lipinski definition) is 0. The van der Waals surface area contributed by atoms with Crippen molar-refractivity contribution in [3.8, 4) is 0 Å². The quantitative estimate of drug-likeness (QED) is 0.661. The van der Waals surface area contributed by atoms with Gasteiger partial charge in [0.05, 0.1) is 0 Å². The topological polar surface area (TPSA) is 20.3 Å². The van der Waals surface area contributed by atoms with Crippen molar-refractivity contribution in [3.63, 3.8) is 0 Å². The first-order valence-corrected chi connectivity index (χ1v) is 7.23. The van der Waals surface area contributed by atoms with Crippen LogP contribution in [0.5, 0.6) is 0 Å². The van der Waals surface area contributed by atoms with Crippen molar-refractivity contribution in [3.05, 3.63) is 0 Å². The summed E-state index contributed by atoms with van der Waals surface area (Å²) in [7, 11) is 0. The van der Waals surface area contributed by atoms with Gasteiger partial charge in [0.1, 0.15) is 6.29 Å². The van der Waals surface area contributed by atoms with Gasteiger partial charge in [-0.25, -0.2) is 0 Å². The van der Waals surface area contributed by atoms with Crippen molar-refractivity contribution in [2.24, 2.45) is 11.3 Å². The van der Waals surface area contributed by atoms with Crippen LogP contribution in [0.2, 0.25) is 0 Å². The van der Waals surface area contributed by atoms with Crippen molar-refractivity contribution in [2.45, 2.75) is 65.8 Å². The lowest BCUT2D eigenvalue weighted by molar-refractivity contribution is -0.120. The van der Waals surface area contributed by atoms with Gasteiger partial charge in [-0.15, -0.1) is 0 Å². The van der Waals surface area contributed by atoms with E-state index in [9.17, 15) is 4.79 Å². The van der Waals surface area contributed by atoms with Crippen LogP contribution in [0.1, 0.15) is 59.8 Å². The fourth-order valence-electron chi connectivity index (χ4n) is 3.20. The lowest BCUT2D eigenvalue weighted by atomic mass is 9.70. The third kappa shape index (κ3) is 4.09. The maximum absolute atomic E-state index is 11.6. The molecule has 0 radical (unpaired) electrons.